The summed E-state index contributed by atoms with van der Waals surface area (Å²) in [7, 11) is 0. The molecule has 0 N–H and O–H groups in total. The molecule has 5 heteroatoms. The second kappa shape index (κ2) is 7.74. The first-order valence-electron chi connectivity index (χ1n) is 10.1. The molecule has 0 aliphatic carbocycles. The van der Waals surface area contributed by atoms with Gasteiger partial charge < -0.3 is 9.80 Å². The highest BCUT2D eigenvalue weighted by atomic mass is 16.2. The van der Waals surface area contributed by atoms with Gasteiger partial charge in [0.2, 0.25) is 11.8 Å². The maximum Gasteiger partial charge on any atom is 0.230 e. The first kappa shape index (κ1) is 18.7. The molecule has 2 fully saturated rings. The molecule has 2 amide bonds. The van der Waals surface area contributed by atoms with Gasteiger partial charge in [-0.05, 0) is 49.4 Å². The van der Waals surface area contributed by atoms with E-state index in [2.05, 4.69) is 30.1 Å². The van der Waals surface area contributed by atoms with Crippen molar-refractivity contribution < 1.29 is 9.59 Å². The maximum atomic E-state index is 13.3. The number of aryl methyl sites for hydroxylation is 1. The number of piperidine rings is 1. The summed E-state index contributed by atoms with van der Waals surface area (Å²) in [4.78, 5) is 34.0. The summed E-state index contributed by atoms with van der Waals surface area (Å²) >= 11 is 0. The summed E-state index contributed by atoms with van der Waals surface area (Å²) in [6.07, 6.45) is 6.46. The number of aromatic nitrogens is 1. The molecule has 2 aromatic rings. The molecule has 1 aromatic heterocycles. The number of hydrogen-bond donors (Lipinski definition) is 0. The highest BCUT2D eigenvalue weighted by Gasteiger charge is 2.49. The van der Waals surface area contributed by atoms with Gasteiger partial charge in [-0.1, -0.05) is 29.8 Å². The number of nitrogens with zero attached hydrogens (tertiary/aromatic N) is 3. The second-order valence-corrected chi connectivity index (χ2v) is 8.20. The van der Waals surface area contributed by atoms with Crippen LogP contribution in [0.25, 0.3) is 0 Å². The lowest BCUT2D eigenvalue weighted by Gasteiger charge is -2.39. The molecular formula is C23H27N3O2. The molecule has 5 nitrogen and oxygen atoms in total. The van der Waals surface area contributed by atoms with E-state index in [9.17, 15) is 9.59 Å². The monoisotopic (exact) mass is 377 g/mol. The van der Waals surface area contributed by atoms with E-state index in [-0.39, 0.29) is 11.8 Å². The van der Waals surface area contributed by atoms with Crippen molar-refractivity contribution in [3.63, 3.8) is 0 Å². The highest BCUT2D eigenvalue weighted by Crippen LogP contribution is 2.40. The molecule has 146 valence electrons. The molecule has 4 rings (SSSR count). The van der Waals surface area contributed by atoms with Gasteiger partial charge in [-0.3, -0.25) is 14.6 Å². The minimum atomic E-state index is -0.393. The SMILES string of the molecule is Cc1cccc(CN2CCCC3(CCN(C(=O)Cc4ccncc4)C3)C2=O)c1. The largest absolute Gasteiger partial charge is 0.341 e. The first-order chi connectivity index (χ1) is 13.6. The smallest absolute Gasteiger partial charge is 0.230 e. The Bertz CT molecular complexity index is 867. The van der Waals surface area contributed by atoms with Crippen LogP contribution in [0.4, 0.5) is 0 Å². The van der Waals surface area contributed by atoms with Crippen molar-refractivity contribution in [3.8, 4) is 0 Å². The quantitative estimate of drug-likeness (QED) is 0.823. The van der Waals surface area contributed by atoms with Gasteiger partial charge in [-0.15, -0.1) is 0 Å². The normalized spacial score (nSPS) is 22.1. The Morgan fingerprint density at radius 1 is 1.11 bits per heavy atom. The number of rotatable bonds is 4. The molecule has 1 unspecified atom stereocenters. The number of likely N-dealkylation sites (tertiary alicyclic amines) is 2. The topological polar surface area (TPSA) is 53.5 Å². The van der Waals surface area contributed by atoms with E-state index >= 15 is 0 Å². The predicted octanol–water partition coefficient (Wildman–Crippen LogP) is 2.97. The zero-order valence-electron chi connectivity index (χ0n) is 16.4. The zero-order chi connectivity index (χ0) is 19.6. The lowest BCUT2D eigenvalue weighted by Crippen LogP contribution is -2.50. The van der Waals surface area contributed by atoms with Gasteiger partial charge in [0.05, 0.1) is 11.8 Å². The summed E-state index contributed by atoms with van der Waals surface area (Å²) < 4.78 is 0. The molecule has 0 saturated carbocycles. The number of hydrogen-bond acceptors (Lipinski definition) is 3. The van der Waals surface area contributed by atoms with Crippen LogP contribution in [0.3, 0.4) is 0 Å². The van der Waals surface area contributed by atoms with Gasteiger partial charge in [0.1, 0.15) is 0 Å². The third-order valence-corrected chi connectivity index (χ3v) is 6.09. The Kier molecular flexibility index (Phi) is 5.16. The number of carbonyl (C=O) groups is 2. The number of amides is 2. The van der Waals surface area contributed by atoms with Crippen LogP contribution in [0.15, 0.2) is 48.8 Å². The fourth-order valence-electron chi connectivity index (χ4n) is 4.58. The fourth-order valence-corrected chi connectivity index (χ4v) is 4.58. The van der Waals surface area contributed by atoms with Gasteiger partial charge in [0.25, 0.3) is 0 Å². The van der Waals surface area contributed by atoms with E-state index in [0.29, 0.717) is 26.1 Å². The molecule has 1 spiro atoms. The lowest BCUT2D eigenvalue weighted by atomic mass is 9.78. The molecule has 2 aliphatic rings. The minimum absolute atomic E-state index is 0.103. The van der Waals surface area contributed by atoms with Crippen molar-refractivity contribution in [1.82, 2.24) is 14.8 Å². The zero-order valence-corrected chi connectivity index (χ0v) is 16.4. The van der Waals surface area contributed by atoms with Gasteiger partial charge in [0, 0.05) is 38.6 Å². The van der Waals surface area contributed by atoms with Crippen molar-refractivity contribution in [2.24, 2.45) is 5.41 Å². The van der Waals surface area contributed by atoms with Crippen LogP contribution in [0, 0.1) is 12.3 Å². The fraction of sp³-hybridized carbons (Fsp3) is 0.435. The Labute approximate surface area is 166 Å². The van der Waals surface area contributed by atoms with Crippen LogP contribution >= 0.6 is 0 Å². The molecule has 28 heavy (non-hydrogen) atoms. The first-order valence-corrected chi connectivity index (χ1v) is 10.1. The van der Waals surface area contributed by atoms with Gasteiger partial charge >= 0.3 is 0 Å². The predicted molar refractivity (Wildman–Crippen MR) is 107 cm³/mol. The van der Waals surface area contributed by atoms with E-state index in [0.717, 1.165) is 31.4 Å². The Morgan fingerprint density at radius 3 is 2.71 bits per heavy atom. The van der Waals surface area contributed by atoms with E-state index in [4.69, 9.17) is 0 Å². The van der Waals surface area contributed by atoms with Gasteiger partial charge in [-0.25, -0.2) is 0 Å². The van der Waals surface area contributed by atoms with Crippen LogP contribution < -0.4 is 0 Å². The lowest BCUT2D eigenvalue weighted by molar-refractivity contribution is -0.146. The van der Waals surface area contributed by atoms with Crippen LogP contribution in [-0.2, 0) is 22.6 Å². The Hall–Kier alpha value is -2.69. The highest BCUT2D eigenvalue weighted by molar-refractivity contribution is 5.86. The molecule has 2 saturated heterocycles. The van der Waals surface area contributed by atoms with E-state index < -0.39 is 5.41 Å². The van der Waals surface area contributed by atoms with E-state index in [1.54, 1.807) is 12.4 Å². The van der Waals surface area contributed by atoms with Crippen LogP contribution in [0.5, 0.6) is 0 Å². The van der Waals surface area contributed by atoms with Crippen molar-refractivity contribution >= 4 is 11.8 Å². The number of carbonyl (C=O) groups excluding carboxylic acids is 2. The van der Waals surface area contributed by atoms with Crippen LogP contribution in [0.2, 0.25) is 0 Å². The molecule has 1 aromatic carbocycles. The van der Waals surface area contributed by atoms with Crippen LogP contribution in [-0.4, -0.2) is 46.2 Å². The Morgan fingerprint density at radius 2 is 1.93 bits per heavy atom. The summed E-state index contributed by atoms with van der Waals surface area (Å²) in [5.74, 6) is 0.325. The standard InChI is InChI=1S/C23H27N3O2/c1-18-4-2-5-20(14-18)16-25-12-3-8-23(22(25)28)9-13-26(17-23)21(27)15-19-6-10-24-11-7-19/h2,4-7,10-11,14H,3,8-9,12-13,15-17H2,1H3. The summed E-state index contributed by atoms with van der Waals surface area (Å²) in [5.41, 5.74) is 2.96. The minimum Gasteiger partial charge on any atom is -0.341 e. The van der Waals surface area contributed by atoms with Crippen LogP contribution in [0.1, 0.15) is 36.0 Å². The van der Waals surface area contributed by atoms with Crippen molar-refractivity contribution in [1.29, 1.82) is 0 Å². The van der Waals surface area contributed by atoms with E-state index in [1.807, 2.05) is 28.0 Å². The third kappa shape index (κ3) is 3.79. The molecule has 3 heterocycles. The number of benzene rings is 1. The Balaban J connectivity index is 1.43. The summed E-state index contributed by atoms with van der Waals surface area (Å²) in [5, 5.41) is 0. The second-order valence-electron chi connectivity index (χ2n) is 8.20. The molecular weight excluding hydrogens is 350 g/mol. The average Bonchev–Trinajstić information content (AvgIpc) is 3.12. The summed E-state index contributed by atoms with van der Waals surface area (Å²) in [6, 6.07) is 12.1. The van der Waals surface area contributed by atoms with Gasteiger partial charge in [0.15, 0.2) is 0 Å². The third-order valence-electron chi connectivity index (χ3n) is 6.09. The molecule has 1 atom stereocenters. The molecule has 0 radical (unpaired) electrons. The van der Waals surface area contributed by atoms with Crippen molar-refractivity contribution in [3.05, 3.63) is 65.5 Å². The van der Waals surface area contributed by atoms with E-state index in [1.165, 1.54) is 11.1 Å². The maximum absolute atomic E-state index is 13.3. The molecule has 2 aliphatic heterocycles. The number of pyridine rings is 1. The average molecular weight is 377 g/mol. The van der Waals surface area contributed by atoms with Gasteiger partial charge in [-0.2, -0.15) is 0 Å². The van der Waals surface area contributed by atoms with Crippen molar-refractivity contribution in [2.75, 3.05) is 19.6 Å². The molecule has 0 bridgehead atoms. The summed E-state index contributed by atoms with van der Waals surface area (Å²) in [6.45, 7) is 4.77. The van der Waals surface area contributed by atoms with Crippen molar-refractivity contribution in [2.45, 2.75) is 39.2 Å².